The van der Waals surface area contributed by atoms with E-state index in [9.17, 15) is 4.79 Å². The van der Waals surface area contributed by atoms with Gasteiger partial charge in [0.15, 0.2) is 0 Å². The van der Waals surface area contributed by atoms with E-state index >= 15 is 0 Å². The molecule has 1 amide bonds. The second-order valence-electron chi connectivity index (χ2n) is 9.74. The number of alkyl carbamates (subject to hydrolysis) is 1. The van der Waals surface area contributed by atoms with Crippen LogP contribution in [-0.4, -0.2) is 35.7 Å². The second-order valence-corrected chi connectivity index (χ2v) is 10.2. The third-order valence-electron chi connectivity index (χ3n) is 6.03. The Labute approximate surface area is 187 Å². The number of ether oxygens (including phenoxy) is 1. The first-order chi connectivity index (χ1) is 14.3. The number of halogens is 1. The van der Waals surface area contributed by atoms with Gasteiger partial charge >= 0.3 is 6.09 Å². The van der Waals surface area contributed by atoms with Crippen LogP contribution in [0.5, 0.6) is 0 Å². The summed E-state index contributed by atoms with van der Waals surface area (Å²) in [5.74, 6) is 0.601. The first kappa shape index (κ1) is 23.0. The fraction of sp³-hybridized carbons (Fsp3) is 0.640. The number of nitrogens with zero attached hydrogens (tertiary/aromatic N) is 1. The number of amides is 1. The Kier molecular flexibility index (Phi) is 8.10. The maximum Gasteiger partial charge on any atom is 0.407 e. The Balaban J connectivity index is 1.66. The second kappa shape index (κ2) is 10.6. The molecule has 1 saturated heterocycles. The summed E-state index contributed by atoms with van der Waals surface area (Å²) in [4.78, 5) is 14.5. The third kappa shape index (κ3) is 7.23. The molecule has 1 aromatic carbocycles. The maximum atomic E-state index is 12.1. The number of carbonyl (C=O) groups excluding carboxylic acids is 1. The van der Waals surface area contributed by atoms with Crippen molar-refractivity contribution in [1.29, 1.82) is 0 Å². The van der Waals surface area contributed by atoms with E-state index < -0.39 is 5.60 Å². The van der Waals surface area contributed by atoms with Gasteiger partial charge in [0, 0.05) is 30.4 Å². The normalized spacial score (nSPS) is 20.0. The van der Waals surface area contributed by atoms with Gasteiger partial charge in [0.1, 0.15) is 5.60 Å². The lowest BCUT2D eigenvalue weighted by molar-refractivity contribution is 0.0486. The van der Waals surface area contributed by atoms with Crippen LogP contribution < -0.4 is 5.32 Å². The van der Waals surface area contributed by atoms with Gasteiger partial charge in [-0.15, -0.1) is 0 Å². The molecule has 2 aliphatic rings. The van der Waals surface area contributed by atoms with Crippen LogP contribution in [0.1, 0.15) is 77.7 Å². The number of carbonyl (C=O) groups is 1. The van der Waals surface area contributed by atoms with Gasteiger partial charge < -0.3 is 15.0 Å². The molecule has 1 aliphatic carbocycles. The van der Waals surface area contributed by atoms with E-state index in [2.05, 4.69) is 34.6 Å². The number of rotatable bonds is 4. The van der Waals surface area contributed by atoms with E-state index in [1.807, 2.05) is 26.8 Å². The van der Waals surface area contributed by atoms with E-state index in [-0.39, 0.29) is 12.1 Å². The van der Waals surface area contributed by atoms with Crippen molar-refractivity contribution in [2.24, 2.45) is 5.92 Å². The molecule has 1 aromatic rings. The molecule has 0 spiro atoms. The van der Waals surface area contributed by atoms with E-state index in [4.69, 9.17) is 16.3 Å². The van der Waals surface area contributed by atoms with Crippen LogP contribution in [0.2, 0.25) is 5.02 Å². The van der Waals surface area contributed by atoms with E-state index in [1.165, 1.54) is 49.7 Å². The van der Waals surface area contributed by atoms with Crippen LogP contribution in [0.15, 0.2) is 30.5 Å². The molecule has 1 saturated carbocycles. The van der Waals surface area contributed by atoms with Gasteiger partial charge in [-0.05, 0) is 75.6 Å². The van der Waals surface area contributed by atoms with Crippen molar-refractivity contribution in [3.8, 4) is 0 Å². The number of benzene rings is 1. The standard InChI is InChI=1S/C25H37ClN2O2/c1-25(2,3)30-24(29)27-22-13-15-28(16-14-22)18-23(19-9-6-4-5-7-10-19)20-11-8-12-21(26)17-20/h8,11-12,17-19,22H,4-7,9-10,13-16H2,1-3H3,(H,27,29). The summed E-state index contributed by atoms with van der Waals surface area (Å²) in [5.41, 5.74) is 2.22. The minimum Gasteiger partial charge on any atom is -0.444 e. The number of nitrogens with one attached hydrogen (secondary N) is 1. The quantitative estimate of drug-likeness (QED) is 0.542. The van der Waals surface area contributed by atoms with Crippen LogP contribution >= 0.6 is 11.6 Å². The fourth-order valence-electron chi connectivity index (χ4n) is 4.52. The largest absolute Gasteiger partial charge is 0.444 e. The van der Waals surface area contributed by atoms with Crippen LogP contribution in [0.3, 0.4) is 0 Å². The lowest BCUT2D eigenvalue weighted by atomic mass is 9.87. The summed E-state index contributed by atoms with van der Waals surface area (Å²) in [6.07, 6.45) is 11.8. The first-order valence-corrected chi connectivity index (χ1v) is 11.9. The van der Waals surface area contributed by atoms with Gasteiger partial charge in [0.25, 0.3) is 0 Å². The molecule has 0 atom stereocenters. The molecule has 2 fully saturated rings. The molecule has 0 radical (unpaired) electrons. The van der Waals surface area contributed by atoms with E-state index in [1.54, 1.807) is 0 Å². The maximum absolute atomic E-state index is 12.1. The highest BCUT2D eigenvalue weighted by molar-refractivity contribution is 6.30. The van der Waals surface area contributed by atoms with Crippen molar-refractivity contribution in [2.75, 3.05) is 13.1 Å². The smallest absolute Gasteiger partial charge is 0.407 e. The summed E-state index contributed by atoms with van der Waals surface area (Å²) < 4.78 is 5.40. The topological polar surface area (TPSA) is 41.6 Å². The van der Waals surface area contributed by atoms with Crippen LogP contribution in [-0.2, 0) is 4.74 Å². The van der Waals surface area contributed by atoms with Gasteiger partial charge in [-0.1, -0.05) is 49.4 Å². The molecule has 1 aliphatic heterocycles. The Morgan fingerprint density at radius 2 is 1.77 bits per heavy atom. The summed E-state index contributed by atoms with van der Waals surface area (Å²) in [6, 6.07) is 8.48. The Morgan fingerprint density at radius 3 is 2.37 bits per heavy atom. The van der Waals surface area contributed by atoms with Gasteiger partial charge in [-0.25, -0.2) is 4.79 Å². The van der Waals surface area contributed by atoms with Gasteiger partial charge in [-0.2, -0.15) is 0 Å². The lowest BCUT2D eigenvalue weighted by Gasteiger charge is -2.33. The Hall–Kier alpha value is -1.68. The summed E-state index contributed by atoms with van der Waals surface area (Å²) in [5, 5.41) is 3.83. The van der Waals surface area contributed by atoms with Crippen molar-refractivity contribution in [2.45, 2.75) is 83.8 Å². The van der Waals surface area contributed by atoms with E-state index in [0.29, 0.717) is 5.92 Å². The highest BCUT2D eigenvalue weighted by atomic mass is 35.5. The monoisotopic (exact) mass is 432 g/mol. The number of likely N-dealkylation sites (tertiary alicyclic amines) is 1. The molecule has 4 nitrogen and oxygen atoms in total. The fourth-order valence-corrected chi connectivity index (χ4v) is 4.71. The zero-order chi connectivity index (χ0) is 21.6. The van der Waals surface area contributed by atoms with Crippen molar-refractivity contribution < 1.29 is 9.53 Å². The number of hydrogen-bond donors (Lipinski definition) is 1. The highest BCUT2D eigenvalue weighted by Crippen LogP contribution is 2.36. The predicted octanol–water partition coefficient (Wildman–Crippen LogP) is 6.64. The minimum absolute atomic E-state index is 0.178. The summed E-state index contributed by atoms with van der Waals surface area (Å²) in [6.45, 7) is 7.56. The van der Waals surface area contributed by atoms with Crippen molar-refractivity contribution >= 4 is 23.3 Å². The number of piperidine rings is 1. The Morgan fingerprint density at radius 1 is 1.10 bits per heavy atom. The van der Waals surface area contributed by atoms with Gasteiger partial charge in [0.05, 0.1) is 0 Å². The average molecular weight is 433 g/mol. The molecule has 166 valence electrons. The number of hydrogen-bond acceptors (Lipinski definition) is 3. The summed E-state index contributed by atoms with van der Waals surface area (Å²) >= 11 is 6.32. The molecular formula is C25H37ClN2O2. The Bertz CT molecular complexity index is 725. The lowest BCUT2D eigenvalue weighted by Crippen LogP contribution is -2.45. The van der Waals surface area contributed by atoms with Crippen LogP contribution in [0.4, 0.5) is 4.79 Å². The zero-order valence-corrected chi connectivity index (χ0v) is 19.5. The molecule has 0 unspecified atom stereocenters. The van der Waals surface area contributed by atoms with Crippen LogP contribution in [0.25, 0.3) is 5.57 Å². The number of allylic oxidation sites excluding steroid dienone is 1. The van der Waals surface area contributed by atoms with E-state index in [0.717, 1.165) is 31.0 Å². The molecule has 1 heterocycles. The molecule has 0 aromatic heterocycles. The molecule has 30 heavy (non-hydrogen) atoms. The van der Waals surface area contributed by atoms with Crippen molar-refractivity contribution in [3.63, 3.8) is 0 Å². The molecule has 1 N–H and O–H groups in total. The molecule has 5 heteroatoms. The van der Waals surface area contributed by atoms with Gasteiger partial charge in [0.2, 0.25) is 0 Å². The SMILES string of the molecule is CC(C)(C)OC(=O)NC1CCN(C=C(c2cccc(Cl)c2)C2CCCCCC2)CC1. The molecule has 0 bridgehead atoms. The zero-order valence-electron chi connectivity index (χ0n) is 18.8. The summed E-state index contributed by atoms with van der Waals surface area (Å²) in [7, 11) is 0. The third-order valence-corrected chi connectivity index (χ3v) is 6.26. The minimum atomic E-state index is -0.460. The highest BCUT2D eigenvalue weighted by Gasteiger charge is 2.24. The van der Waals surface area contributed by atoms with Crippen molar-refractivity contribution in [3.05, 3.63) is 41.1 Å². The average Bonchev–Trinajstić information content (AvgIpc) is 2.95. The first-order valence-electron chi connectivity index (χ1n) is 11.5. The van der Waals surface area contributed by atoms with Crippen molar-refractivity contribution in [1.82, 2.24) is 10.2 Å². The molecular weight excluding hydrogens is 396 g/mol. The van der Waals surface area contributed by atoms with Gasteiger partial charge in [-0.3, -0.25) is 0 Å². The molecule has 3 rings (SSSR count). The van der Waals surface area contributed by atoms with Crippen LogP contribution in [0, 0.1) is 5.92 Å². The predicted molar refractivity (Wildman–Crippen MR) is 125 cm³/mol.